The molecule has 0 aliphatic heterocycles. The minimum atomic E-state index is -1.08. The minimum Gasteiger partial charge on any atom is -0.549 e. The summed E-state index contributed by atoms with van der Waals surface area (Å²) >= 11 is 2.82. The fourth-order valence-electron chi connectivity index (χ4n) is 2.17. The van der Waals surface area contributed by atoms with Gasteiger partial charge in [0.1, 0.15) is 5.01 Å². The van der Waals surface area contributed by atoms with E-state index in [0.29, 0.717) is 0 Å². The van der Waals surface area contributed by atoms with Crippen LogP contribution in [0.1, 0.15) is 16.1 Å². The first-order chi connectivity index (χ1) is 11.1. The Morgan fingerprint density at radius 3 is 2.70 bits per heavy atom. The Labute approximate surface area is 142 Å². The summed E-state index contributed by atoms with van der Waals surface area (Å²) in [6.07, 6.45) is 2.00. The molecule has 116 valence electrons. The predicted octanol–water partition coefficient (Wildman–Crippen LogP) is 3.59. The van der Waals surface area contributed by atoms with Crippen LogP contribution in [0.3, 0.4) is 0 Å². The zero-order chi connectivity index (χ0) is 16.2. The van der Waals surface area contributed by atoms with E-state index in [9.17, 15) is 9.90 Å². The van der Waals surface area contributed by atoms with Gasteiger partial charge in [-0.25, -0.2) is 4.98 Å². The lowest BCUT2D eigenvalue weighted by atomic mass is 10.1. The average molecular weight is 340 g/mol. The van der Waals surface area contributed by atoms with Crippen molar-refractivity contribution in [3.8, 4) is 0 Å². The molecule has 0 aliphatic rings. The number of hydrogen-bond donors (Lipinski definition) is 0. The maximum Gasteiger partial charge on any atom is 0.131 e. The molecule has 0 fully saturated rings. The van der Waals surface area contributed by atoms with Gasteiger partial charge in [0.15, 0.2) is 0 Å². The number of aryl methyl sites for hydroxylation is 1. The van der Waals surface area contributed by atoms with Gasteiger partial charge in [-0.3, -0.25) is 0 Å². The van der Waals surface area contributed by atoms with Crippen LogP contribution in [0, 0.1) is 6.92 Å². The lowest BCUT2D eigenvalue weighted by molar-refractivity contribution is -0.301. The SMILES string of the molecule is Cc1ccccc1/C=C(\SCC(=O)[O-])c1nc2ccccc2s1. The van der Waals surface area contributed by atoms with Gasteiger partial charge in [0.25, 0.3) is 0 Å². The monoisotopic (exact) mass is 340 g/mol. The number of benzene rings is 2. The van der Waals surface area contributed by atoms with E-state index in [2.05, 4.69) is 4.98 Å². The Morgan fingerprint density at radius 1 is 1.22 bits per heavy atom. The zero-order valence-corrected chi connectivity index (χ0v) is 14.1. The number of carboxylic acids is 1. The first kappa shape index (κ1) is 15.8. The fourth-order valence-corrected chi connectivity index (χ4v) is 4.00. The van der Waals surface area contributed by atoms with Crippen molar-refractivity contribution >= 4 is 50.3 Å². The van der Waals surface area contributed by atoms with Gasteiger partial charge in [-0.1, -0.05) is 36.4 Å². The molecule has 3 aromatic rings. The lowest BCUT2D eigenvalue weighted by Gasteiger charge is -2.07. The molecule has 0 N–H and O–H groups in total. The molecule has 0 atom stereocenters. The second-order valence-corrected chi connectivity index (χ2v) is 7.06. The number of hydrogen-bond acceptors (Lipinski definition) is 5. The lowest BCUT2D eigenvalue weighted by Crippen LogP contribution is -2.24. The highest BCUT2D eigenvalue weighted by molar-refractivity contribution is 8.09. The number of thiazole rings is 1. The number of aromatic nitrogens is 1. The van der Waals surface area contributed by atoms with E-state index in [1.54, 1.807) is 11.3 Å². The third-order valence-electron chi connectivity index (χ3n) is 3.33. The first-order valence-corrected chi connectivity index (χ1v) is 8.89. The number of para-hydroxylation sites is 1. The van der Waals surface area contributed by atoms with Gasteiger partial charge in [-0.05, 0) is 36.3 Å². The number of carboxylic acid groups (broad SMARTS) is 1. The Bertz CT molecular complexity index is 850. The number of rotatable bonds is 5. The first-order valence-electron chi connectivity index (χ1n) is 7.09. The summed E-state index contributed by atoms with van der Waals surface area (Å²) < 4.78 is 1.09. The Hall–Kier alpha value is -2.11. The Balaban J connectivity index is 2.04. The molecule has 2 aromatic carbocycles. The quantitative estimate of drug-likeness (QED) is 0.712. The summed E-state index contributed by atoms with van der Waals surface area (Å²) in [6.45, 7) is 2.03. The maximum atomic E-state index is 10.9. The van der Waals surface area contributed by atoms with Crippen LogP contribution in [0.15, 0.2) is 48.5 Å². The Morgan fingerprint density at radius 2 is 1.96 bits per heavy atom. The molecule has 0 bridgehead atoms. The third kappa shape index (κ3) is 3.81. The molecule has 3 rings (SSSR count). The van der Waals surface area contributed by atoms with Crippen molar-refractivity contribution in [1.82, 2.24) is 4.98 Å². The summed E-state index contributed by atoms with van der Waals surface area (Å²) in [5, 5.41) is 11.7. The van der Waals surface area contributed by atoms with Crippen molar-refractivity contribution < 1.29 is 9.90 Å². The molecular weight excluding hydrogens is 326 g/mol. The normalized spacial score (nSPS) is 11.8. The molecule has 0 radical (unpaired) electrons. The summed E-state index contributed by atoms with van der Waals surface area (Å²) in [6, 6.07) is 15.9. The van der Waals surface area contributed by atoms with Crippen molar-refractivity contribution in [2.24, 2.45) is 0 Å². The summed E-state index contributed by atoms with van der Waals surface area (Å²) in [5.41, 5.74) is 3.13. The van der Waals surface area contributed by atoms with Gasteiger partial charge in [-0.2, -0.15) is 0 Å². The van der Waals surface area contributed by atoms with E-state index in [1.165, 1.54) is 11.8 Å². The molecule has 3 nitrogen and oxygen atoms in total. The van der Waals surface area contributed by atoms with Crippen LogP contribution in [-0.4, -0.2) is 16.7 Å². The number of carbonyl (C=O) groups excluding carboxylic acids is 1. The molecule has 1 aromatic heterocycles. The van der Waals surface area contributed by atoms with Crippen LogP contribution in [0.2, 0.25) is 0 Å². The van der Waals surface area contributed by atoms with Crippen LogP contribution in [-0.2, 0) is 4.79 Å². The van der Waals surface area contributed by atoms with E-state index in [1.807, 2.05) is 61.5 Å². The van der Waals surface area contributed by atoms with Crippen molar-refractivity contribution in [2.75, 3.05) is 5.75 Å². The van der Waals surface area contributed by atoms with Gasteiger partial charge in [-0.15, -0.1) is 23.1 Å². The molecule has 0 spiro atoms. The van der Waals surface area contributed by atoms with Crippen molar-refractivity contribution in [2.45, 2.75) is 6.92 Å². The second kappa shape index (κ2) is 6.98. The number of nitrogens with zero attached hydrogens (tertiary/aromatic N) is 1. The second-order valence-electron chi connectivity index (χ2n) is 5.01. The predicted molar refractivity (Wildman–Crippen MR) is 96.1 cm³/mol. The highest BCUT2D eigenvalue weighted by Gasteiger charge is 2.10. The number of aliphatic carboxylic acids is 1. The van der Waals surface area contributed by atoms with E-state index in [-0.39, 0.29) is 5.75 Å². The molecule has 0 amide bonds. The highest BCUT2D eigenvalue weighted by Crippen LogP contribution is 2.35. The van der Waals surface area contributed by atoms with Crippen molar-refractivity contribution in [3.63, 3.8) is 0 Å². The highest BCUT2D eigenvalue weighted by atomic mass is 32.2. The summed E-state index contributed by atoms with van der Waals surface area (Å²) in [7, 11) is 0. The van der Waals surface area contributed by atoms with Gasteiger partial charge in [0.05, 0.1) is 16.2 Å². The summed E-state index contributed by atoms with van der Waals surface area (Å²) in [5.74, 6) is -1.17. The number of thioether (sulfide) groups is 1. The molecule has 1 heterocycles. The van der Waals surface area contributed by atoms with Gasteiger partial charge < -0.3 is 9.90 Å². The zero-order valence-electron chi connectivity index (χ0n) is 12.5. The number of fused-ring (bicyclic) bond motifs is 1. The van der Waals surface area contributed by atoms with Crippen LogP contribution in [0.4, 0.5) is 0 Å². The van der Waals surface area contributed by atoms with E-state index in [4.69, 9.17) is 0 Å². The molecule has 0 saturated heterocycles. The van der Waals surface area contributed by atoms with E-state index >= 15 is 0 Å². The van der Waals surface area contributed by atoms with Gasteiger partial charge >= 0.3 is 0 Å². The van der Waals surface area contributed by atoms with Crippen LogP contribution < -0.4 is 5.11 Å². The van der Waals surface area contributed by atoms with Crippen molar-refractivity contribution in [3.05, 3.63) is 64.7 Å². The van der Waals surface area contributed by atoms with Gasteiger partial charge in [0, 0.05) is 10.7 Å². The molecule has 5 heteroatoms. The Kier molecular flexibility index (Phi) is 4.79. The molecular formula is C18H14NO2S2-. The molecule has 0 aliphatic carbocycles. The molecule has 23 heavy (non-hydrogen) atoms. The molecule has 0 saturated carbocycles. The number of carbonyl (C=O) groups is 1. The summed E-state index contributed by atoms with van der Waals surface area (Å²) in [4.78, 5) is 16.3. The van der Waals surface area contributed by atoms with E-state index < -0.39 is 5.97 Å². The molecule has 0 unspecified atom stereocenters. The standard InChI is InChI=1S/C18H15NO2S2/c1-12-6-2-3-7-13(12)10-16(22-11-17(20)21)18-19-14-8-4-5-9-15(14)23-18/h2-10H,11H2,1H3,(H,20,21)/p-1/b16-10-. The largest absolute Gasteiger partial charge is 0.549 e. The van der Waals surface area contributed by atoms with Gasteiger partial charge in [0.2, 0.25) is 0 Å². The van der Waals surface area contributed by atoms with Crippen molar-refractivity contribution in [1.29, 1.82) is 0 Å². The van der Waals surface area contributed by atoms with Crippen LogP contribution in [0.5, 0.6) is 0 Å². The minimum absolute atomic E-state index is 0.0896. The van der Waals surface area contributed by atoms with Crippen LogP contribution >= 0.6 is 23.1 Å². The topological polar surface area (TPSA) is 53.0 Å². The van der Waals surface area contributed by atoms with Crippen LogP contribution in [0.25, 0.3) is 21.2 Å². The third-order valence-corrected chi connectivity index (χ3v) is 5.53. The average Bonchev–Trinajstić information content (AvgIpc) is 2.96. The fraction of sp³-hybridized carbons (Fsp3) is 0.111. The smallest absolute Gasteiger partial charge is 0.131 e. The maximum absolute atomic E-state index is 10.9. The van der Waals surface area contributed by atoms with E-state index in [0.717, 1.165) is 31.3 Å².